The first-order valence-electron chi connectivity index (χ1n) is 10.0. The number of H-pyrrole nitrogens is 1. The van der Waals surface area contributed by atoms with E-state index in [1.807, 2.05) is 42.5 Å². The van der Waals surface area contributed by atoms with Gasteiger partial charge in [-0.05, 0) is 35.4 Å². The van der Waals surface area contributed by atoms with Gasteiger partial charge in [-0.15, -0.1) is 0 Å². The lowest BCUT2D eigenvalue weighted by Gasteiger charge is -2.28. The minimum atomic E-state index is -0.0740. The van der Waals surface area contributed by atoms with E-state index in [-0.39, 0.29) is 5.56 Å². The Bertz CT molecular complexity index is 1310. The van der Waals surface area contributed by atoms with Gasteiger partial charge < -0.3 is 14.5 Å². The molecule has 5 rings (SSSR count). The highest BCUT2D eigenvalue weighted by Crippen LogP contribution is 2.30. The highest BCUT2D eigenvalue weighted by atomic mass is 35.5. The molecule has 1 aliphatic rings. The number of rotatable bonds is 4. The molecule has 0 spiro atoms. The molecule has 1 fully saturated rings. The van der Waals surface area contributed by atoms with Gasteiger partial charge in [0.2, 0.25) is 0 Å². The summed E-state index contributed by atoms with van der Waals surface area (Å²) in [7, 11) is 0. The highest BCUT2D eigenvalue weighted by molar-refractivity contribution is 7.99. The van der Waals surface area contributed by atoms with Gasteiger partial charge in [0.05, 0.1) is 28.5 Å². The fourth-order valence-electron chi connectivity index (χ4n) is 3.87. The van der Waals surface area contributed by atoms with E-state index in [1.165, 1.54) is 0 Å². The highest BCUT2D eigenvalue weighted by Gasteiger charge is 2.15. The van der Waals surface area contributed by atoms with Crippen LogP contribution in [0.25, 0.3) is 22.2 Å². The molecule has 1 aromatic carbocycles. The van der Waals surface area contributed by atoms with Crippen LogP contribution in [0.15, 0.2) is 59.8 Å². The van der Waals surface area contributed by atoms with Crippen molar-refractivity contribution < 1.29 is 0 Å². The average molecular weight is 471 g/mol. The lowest BCUT2D eigenvalue weighted by molar-refractivity contribution is 0.760. The van der Waals surface area contributed by atoms with Crippen LogP contribution in [0.5, 0.6) is 0 Å². The molecule has 0 atom stereocenters. The van der Waals surface area contributed by atoms with Gasteiger partial charge >= 0.3 is 0 Å². The Kier molecular flexibility index (Phi) is 5.69. The average Bonchev–Trinajstić information content (AvgIpc) is 3.21. The Balaban J connectivity index is 1.46. The molecule has 1 N–H and O–H groups in total. The molecule has 1 saturated heterocycles. The minimum absolute atomic E-state index is 0.0740. The van der Waals surface area contributed by atoms with Crippen LogP contribution in [0.2, 0.25) is 10.0 Å². The molecule has 3 aromatic heterocycles. The number of aromatic nitrogens is 3. The zero-order valence-electron chi connectivity index (χ0n) is 16.6. The largest absolute Gasteiger partial charge is 0.369 e. The Morgan fingerprint density at radius 3 is 2.68 bits per heavy atom. The standard InChI is InChI=1S/C23H20Cl2N4OS/c24-20-2-1-15(9-21(20)25)14-29-4-3-16(10-22(29)30)19-13-27-23-18(19)11-17(12-26-23)28-5-7-31-8-6-28/h1-4,9-13H,5-8,14H2,(H,26,27). The normalized spacial score (nSPS) is 14.3. The first-order chi connectivity index (χ1) is 15.1. The third-order valence-corrected chi connectivity index (χ3v) is 7.22. The van der Waals surface area contributed by atoms with Gasteiger partial charge in [-0.3, -0.25) is 4.79 Å². The Morgan fingerprint density at radius 2 is 1.90 bits per heavy atom. The van der Waals surface area contributed by atoms with Crippen molar-refractivity contribution in [2.75, 3.05) is 29.5 Å². The van der Waals surface area contributed by atoms with Crippen LogP contribution in [-0.4, -0.2) is 39.1 Å². The summed E-state index contributed by atoms with van der Waals surface area (Å²) in [4.78, 5) is 23.0. The van der Waals surface area contributed by atoms with Crippen molar-refractivity contribution in [3.8, 4) is 11.1 Å². The van der Waals surface area contributed by atoms with Gasteiger partial charge in [0.15, 0.2) is 0 Å². The molecule has 4 aromatic rings. The SMILES string of the molecule is O=c1cc(-c2c[nH]c3ncc(N4CCSCC4)cc23)ccn1Cc1ccc(Cl)c(Cl)c1. The molecule has 0 amide bonds. The van der Waals surface area contributed by atoms with E-state index in [0.717, 1.165) is 58.0 Å². The second-order valence-corrected chi connectivity index (χ2v) is 9.56. The van der Waals surface area contributed by atoms with Gasteiger partial charge in [-0.1, -0.05) is 29.3 Å². The molecule has 4 heterocycles. The Morgan fingerprint density at radius 1 is 1.06 bits per heavy atom. The number of thioether (sulfide) groups is 1. The number of halogens is 2. The summed E-state index contributed by atoms with van der Waals surface area (Å²) >= 11 is 14.1. The molecule has 0 aliphatic carbocycles. The van der Waals surface area contributed by atoms with Crippen molar-refractivity contribution >= 4 is 51.7 Å². The molecule has 0 radical (unpaired) electrons. The summed E-state index contributed by atoms with van der Waals surface area (Å²) in [5.41, 5.74) is 4.65. The zero-order valence-corrected chi connectivity index (χ0v) is 19.0. The smallest absolute Gasteiger partial charge is 0.251 e. The number of hydrogen-bond acceptors (Lipinski definition) is 4. The van der Waals surface area contributed by atoms with Crippen LogP contribution >= 0.6 is 35.0 Å². The number of anilines is 1. The molecule has 158 valence electrons. The lowest BCUT2D eigenvalue weighted by atomic mass is 10.1. The monoisotopic (exact) mass is 470 g/mol. The molecule has 0 unspecified atom stereocenters. The van der Waals surface area contributed by atoms with Gasteiger partial charge in [0.25, 0.3) is 5.56 Å². The van der Waals surface area contributed by atoms with E-state index in [4.69, 9.17) is 23.2 Å². The number of hydrogen-bond donors (Lipinski definition) is 1. The quantitative estimate of drug-likeness (QED) is 0.439. The fraction of sp³-hybridized carbons (Fsp3) is 0.217. The van der Waals surface area contributed by atoms with E-state index >= 15 is 0 Å². The number of aromatic amines is 1. The van der Waals surface area contributed by atoms with E-state index in [9.17, 15) is 4.79 Å². The van der Waals surface area contributed by atoms with Crippen molar-refractivity contribution in [1.82, 2.24) is 14.5 Å². The first-order valence-corrected chi connectivity index (χ1v) is 11.9. The lowest BCUT2D eigenvalue weighted by Crippen LogP contribution is -2.32. The maximum absolute atomic E-state index is 12.8. The molecule has 1 aliphatic heterocycles. The van der Waals surface area contributed by atoms with Crippen molar-refractivity contribution in [1.29, 1.82) is 0 Å². The minimum Gasteiger partial charge on any atom is -0.369 e. The van der Waals surface area contributed by atoms with Crippen LogP contribution in [-0.2, 0) is 6.54 Å². The number of benzene rings is 1. The summed E-state index contributed by atoms with van der Waals surface area (Å²) in [6.07, 6.45) is 5.66. The fourth-order valence-corrected chi connectivity index (χ4v) is 5.09. The summed E-state index contributed by atoms with van der Waals surface area (Å²) in [6, 6.07) is 11.2. The maximum Gasteiger partial charge on any atom is 0.251 e. The molecule has 0 saturated carbocycles. The van der Waals surface area contributed by atoms with Crippen LogP contribution in [0, 0.1) is 0 Å². The Hall–Kier alpha value is -2.41. The van der Waals surface area contributed by atoms with Crippen molar-refractivity contribution in [2.24, 2.45) is 0 Å². The predicted octanol–water partition coefficient (Wildman–Crippen LogP) is 5.30. The number of fused-ring (bicyclic) bond motifs is 1. The molecule has 0 bridgehead atoms. The number of nitrogens with zero attached hydrogens (tertiary/aromatic N) is 3. The molecular weight excluding hydrogens is 451 g/mol. The van der Waals surface area contributed by atoms with Crippen molar-refractivity contribution in [3.63, 3.8) is 0 Å². The second kappa shape index (κ2) is 8.61. The van der Waals surface area contributed by atoms with E-state index < -0.39 is 0 Å². The third-order valence-electron chi connectivity index (χ3n) is 5.54. The van der Waals surface area contributed by atoms with Crippen LogP contribution < -0.4 is 10.5 Å². The van der Waals surface area contributed by atoms with Crippen molar-refractivity contribution in [3.05, 3.63) is 81.0 Å². The van der Waals surface area contributed by atoms with Crippen LogP contribution in [0.3, 0.4) is 0 Å². The van der Waals surface area contributed by atoms with Crippen LogP contribution in [0.1, 0.15) is 5.56 Å². The van der Waals surface area contributed by atoms with Gasteiger partial charge in [-0.25, -0.2) is 4.98 Å². The molecule has 31 heavy (non-hydrogen) atoms. The number of nitrogens with one attached hydrogen (secondary N) is 1. The predicted molar refractivity (Wildman–Crippen MR) is 131 cm³/mol. The summed E-state index contributed by atoms with van der Waals surface area (Å²) < 4.78 is 1.66. The third kappa shape index (κ3) is 4.20. The zero-order chi connectivity index (χ0) is 21.4. The van der Waals surface area contributed by atoms with Gasteiger partial charge in [-0.2, -0.15) is 11.8 Å². The van der Waals surface area contributed by atoms with E-state index in [0.29, 0.717) is 16.6 Å². The maximum atomic E-state index is 12.8. The summed E-state index contributed by atoms with van der Waals surface area (Å²) in [5, 5.41) is 2.01. The van der Waals surface area contributed by atoms with Crippen molar-refractivity contribution in [2.45, 2.75) is 6.54 Å². The summed E-state index contributed by atoms with van der Waals surface area (Å²) in [6.45, 7) is 2.49. The van der Waals surface area contributed by atoms with Gasteiger partial charge in [0, 0.05) is 54.0 Å². The molecule has 5 nitrogen and oxygen atoms in total. The first kappa shape index (κ1) is 20.5. The molecular formula is C23H20Cl2N4OS. The van der Waals surface area contributed by atoms with Crippen LogP contribution in [0.4, 0.5) is 5.69 Å². The second-order valence-electron chi connectivity index (χ2n) is 7.52. The van der Waals surface area contributed by atoms with E-state index in [1.54, 1.807) is 22.8 Å². The Labute approximate surface area is 194 Å². The topological polar surface area (TPSA) is 53.9 Å². The van der Waals surface area contributed by atoms with E-state index in [2.05, 4.69) is 20.9 Å². The number of pyridine rings is 2. The van der Waals surface area contributed by atoms with Gasteiger partial charge in [0.1, 0.15) is 5.65 Å². The summed E-state index contributed by atoms with van der Waals surface area (Å²) in [5.74, 6) is 2.27. The molecule has 8 heteroatoms.